The Hall–Kier alpha value is -2.20. The summed E-state index contributed by atoms with van der Waals surface area (Å²) < 4.78 is 4.99. The van der Waals surface area contributed by atoms with Crippen LogP contribution in [0, 0.1) is 0 Å². The van der Waals surface area contributed by atoms with Crippen LogP contribution in [0.15, 0.2) is 42.6 Å². The van der Waals surface area contributed by atoms with Gasteiger partial charge in [-0.1, -0.05) is 30.3 Å². The first-order chi connectivity index (χ1) is 9.26. The van der Waals surface area contributed by atoms with Crippen LogP contribution in [0.5, 0.6) is 0 Å². The molecule has 0 atom stereocenters. The third-order valence-corrected chi connectivity index (χ3v) is 2.72. The maximum atomic E-state index is 11.8. The number of rotatable bonds is 4. The Morgan fingerprint density at radius 2 is 2.00 bits per heavy atom. The number of pyridine rings is 1. The summed E-state index contributed by atoms with van der Waals surface area (Å²) in [6.07, 6.45) is 1.57. The quantitative estimate of drug-likeness (QED) is 0.854. The molecule has 19 heavy (non-hydrogen) atoms. The van der Waals surface area contributed by atoms with E-state index in [9.17, 15) is 4.79 Å². The third kappa shape index (κ3) is 2.98. The molecule has 0 saturated heterocycles. The zero-order chi connectivity index (χ0) is 13.7. The Labute approximate surface area is 111 Å². The summed E-state index contributed by atoms with van der Waals surface area (Å²) in [5.41, 5.74) is 2.73. The molecular formula is C15H15NO3. The summed E-state index contributed by atoms with van der Waals surface area (Å²) in [6.45, 7) is 2.08. The molecule has 1 aromatic heterocycles. The molecular weight excluding hydrogens is 242 g/mol. The van der Waals surface area contributed by atoms with Gasteiger partial charge in [0.2, 0.25) is 0 Å². The van der Waals surface area contributed by atoms with E-state index in [0.717, 1.165) is 16.7 Å². The fourth-order valence-electron chi connectivity index (χ4n) is 1.79. The Morgan fingerprint density at radius 1 is 1.26 bits per heavy atom. The summed E-state index contributed by atoms with van der Waals surface area (Å²) in [6, 6.07) is 10.9. The van der Waals surface area contributed by atoms with E-state index in [1.807, 2.05) is 30.3 Å². The van der Waals surface area contributed by atoms with Crippen molar-refractivity contribution < 1.29 is 14.6 Å². The van der Waals surface area contributed by atoms with Crippen molar-refractivity contribution in [1.82, 2.24) is 4.98 Å². The summed E-state index contributed by atoms with van der Waals surface area (Å²) in [7, 11) is 0. The highest BCUT2D eigenvalue weighted by Crippen LogP contribution is 2.23. The second-order valence-electron chi connectivity index (χ2n) is 3.98. The largest absolute Gasteiger partial charge is 0.461 e. The maximum absolute atomic E-state index is 11.8. The molecule has 0 amide bonds. The zero-order valence-corrected chi connectivity index (χ0v) is 10.7. The van der Waals surface area contributed by atoms with Gasteiger partial charge in [-0.25, -0.2) is 9.78 Å². The number of benzene rings is 1. The molecule has 1 aromatic carbocycles. The van der Waals surface area contributed by atoms with Gasteiger partial charge in [0.05, 0.1) is 13.2 Å². The normalized spacial score (nSPS) is 10.2. The van der Waals surface area contributed by atoms with Crippen molar-refractivity contribution in [3.8, 4) is 11.1 Å². The van der Waals surface area contributed by atoms with Crippen LogP contribution in [0.4, 0.5) is 0 Å². The van der Waals surface area contributed by atoms with E-state index < -0.39 is 5.97 Å². The lowest BCUT2D eigenvalue weighted by Gasteiger charge is -2.08. The number of ether oxygens (including phenoxy) is 1. The number of aromatic nitrogens is 1. The molecule has 4 nitrogen and oxygen atoms in total. The van der Waals surface area contributed by atoms with Gasteiger partial charge >= 0.3 is 5.97 Å². The molecule has 0 aliphatic heterocycles. The number of hydrogen-bond acceptors (Lipinski definition) is 4. The lowest BCUT2D eigenvalue weighted by atomic mass is 10.0. The van der Waals surface area contributed by atoms with Crippen LogP contribution in [-0.4, -0.2) is 22.7 Å². The van der Waals surface area contributed by atoms with Crippen molar-refractivity contribution in [2.24, 2.45) is 0 Å². The van der Waals surface area contributed by atoms with Crippen molar-refractivity contribution in [3.05, 3.63) is 53.9 Å². The van der Waals surface area contributed by atoms with E-state index in [4.69, 9.17) is 9.84 Å². The number of nitrogens with zero attached hydrogens (tertiary/aromatic N) is 1. The van der Waals surface area contributed by atoms with Crippen LogP contribution in [0.25, 0.3) is 11.1 Å². The SMILES string of the molecule is CCOC(=O)c1ncccc1-c1ccc(CO)cc1. The molecule has 4 heteroatoms. The average Bonchev–Trinajstić information content (AvgIpc) is 2.47. The molecule has 0 radical (unpaired) electrons. The van der Waals surface area contributed by atoms with Gasteiger partial charge in [-0.2, -0.15) is 0 Å². The number of aliphatic hydroxyl groups is 1. The van der Waals surface area contributed by atoms with Crippen molar-refractivity contribution in [3.63, 3.8) is 0 Å². The molecule has 1 N–H and O–H groups in total. The van der Waals surface area contributed by atoms with E-state index in [1.54, 1.807) is 19.2 Å². The van der Waals surface area contributed by atoms with Gasteiger partial charge in [0.15, 0.2) is 5.69 Å². The zero-order valence-electron chi connectivity index (χ0n) is 10.7. The molecule has 0 aliphatic rings. The minimum Gasteiger partial charge on any atom is -0.461 e. The van der Waals surface area contributed by atoms with E-state index in [2.05, 4.69) is 4.98 Å². The lowest BCUT2D eigenvalue weighted by Crippen LogP contribution is -2.08. The highest BCUT2D eigenvalue weighted by atomic mass is 16.5. The Bertz CT molecular complexity index is 564. The van der Waals surface area contributed by atoms with Gasteiger partial charge in [-0.3, -0.25) is 0 Å². The highest BCUT2D eigenvalue weighted by Gasteiger charge is 2.14. The second kappa shape index (κ2) is 6.11. The molecule has 0 bridgehead atoms. The predicted molar refractivity (Wildman–Crippen MR) is 71.6 cm³/mol. The van der Waals surface area contributed by atoms with Crippen LogP contribution in [-0.2, 0) is 11.3 Å². The number of hydrogen-bond donors (Lipinski definition) is 1. The van der Waals surface area contributed by atoms with Crippen molar-refractivity contribution in [2.75, 3.05) is 6.61 Å². The fourth-order valence-corrected chi connectivity index (χ4v) is 1.79. The highest BCUT2D eigenvalue weighted by molar-refractivity contribution is 5.95. The van der Waals surface area contributed by atoms with Crippen molar-refractivity contribution in [2.45, 2.75) is 13.5 Å². The molecule has 2 aromatic rings. The molecule has 2 rings (SSSR count). The predicted octanol–water partition coefficient (Wildman–Crippen LogP) is 2.42. The van der Waals surface area contributed by atoms with Crippen molar-refractivity contribution in [1.29, 1.82) is 0 Å². The molecule has 0 fully saturated rings. The Morgan fingerprint density at radius 3 is 2.63 bits per heavy atom. The molecule has 98 valence electrons. The standard InChI is InChI=1S/C15H15NO3/c1-2-19-15(18)14-13(4-3-9-16-14)12-7-5-11(10-17)6-8-12/h3-9,17H,2,10H2,1H3. The lowest BCUT2D eigenvalue weighted by molar-refractivity contribution is 0.0520. The van der Waals surface area contributed by atoms with Crippen LogP contribution >= 0.6 is 0 Å². The van der Waals surface area contributed by atoms with Gasteiger partial charge in [0.25, 0.3) is 0 Å². The molecule has 0 spiro atoms. The van der Waals surface area contributed by atoms with E-state index in [-0.39, 0.29) is 6.61 Å². The fraction of sp³-hybridized carbons (Fsp3) is 0.200. The van der Waals surface area contributed by atoms with Gasteiger partial charge in [0, 0.05) is 11.8 Å². The van der Waals surface area contributed by atoms with Gasteiger partial charge in [-0.15, -0.1) is 0 Å². The smallest absolute Gasteiger partial charge is 0.357 e. The first-order valence-corrected chi connectivity index (χ1v) is 6.08. The summed E-state index contributed by atoms with van der Waals surface area (Å²) in [5.74, 6) is -0.427. The van der Waals surface area contributed by atoms with Crippen LogP contribution in [0.3, 0.4) is 0 Å². The number of carbonyl (C=O) groups is 1. The second-order valence-corrected chi connectivity index (χ2v) is 3.98. The van der Waals surface area contributed by atoms with Crippen molar-refractivity contribution >= 4 is 5.97 Å². The third-order valence-electron chi connectivity index (χ3n) is 2.72. The number of aliphatic hydroxyl groups excluding tert-OH is 1. The molecule has 1 heterocycles. The topological polar surface area (TPSA) is 59.4 Å². The Balaban J connectivity index is 2.40. The van der Waals surface area contributed by atoms with Crippen LogP contribution in [0.2, 0.25) is 0 Å². The van der Waals surface area contributed by atoms with Crippen LogP contribution < -0.4 is 0 Å². The van der Waals surface area contributed by atoms with Gasteiger partial charge < -0.3 is 9.84 Å². The van der Waals surface area contributed by atoms with E-state index in [1.165, 1.54) is 0 Å². The van der Waals surface area contributed by atoms with Gasteiger partial charge in [0.1, 0.15) is 0 Å². The van der Waals surface area contributed by atoms with Crippen LogP contribution in [0.1, 0.15) is 23.0 Å². The van der Waals surface area contributed by atoms with E-state index in [0.29, 0.717) is 12.3 Å². The number of carbonyl (C=O) groups excluding carboxylic acids is 1. The maximum Gasteiger partial charge on any atom is 0.357 e. The molecule has 0 aliphatic carbocycles. The summed E-state index contributed by atoms with van der Waals surface area (Å²) in [5, 5.41) is 9.03. The monoisotopic (exact) mass is 257 g/mol. The molecule has 0 unspecified atom stereocenters. The summed E-state index contributed by atoms with van der Waals surface area (Å²) >= 11 is 0. The Kier molecular flexibility index (Phi) is 4.26. The first-order valence-electron chi connectivity index (χ1n) is 6.08. The average molecular weight is 257 g/mol. The minimum absolute atomic E-state index is 0.00193. The van der Waals surface area contributed by atoms with E-state index >= 15 is 0 Å². The first kappa shape index (κ1) is 13.2. The number of esters is 1. The van der Waals surface area contributed by atoms with Gasteiger partial charge in [-0.05, 0) is 24.1 Å². The summed E-state index contributed by atoms with van der Waals surface area (Å²) in [4.78, 5) is 15.9. The molecule has 0 saturated carbocycles. The minimum atomic E-state index is -0.427.